The second-order valence-corrected chi connectivity index (χ2v) is 6.82. The Morgan fingerprint density at radius 1 is 1.47 bits per heavy atom. The van der Waals surface area contributed by atoms with Crippen molar-refractivity contribution in [3.05, 3.63) is 29.3 Å². The Morgan fingerprint density at radius 3 is 2.95 bits per heavy atom. The van der Waals surface area contributed by atoms with E-state index in [0.717, 1.165) is 25.8 Å². The third kappa shape index (κ3) is 3.32. The van der Waals surface area contributed by atoms with Gasteiger partial charge in [-0.1, -0.05) is 24.6 Å². The molecule has 0 amide bonds. The predicted molar refractivity (Wildman–Crippen MR) is 81.4 cm³/mol. The van der Waals surface area contributed by atoms with Crippen LogP contribution in [0.5, 0.6) is 0 Å². The van der Waals surface area contributed by atoms with Crippen molar-refractivity contribution in [2.45, 2.75) is 55.7 Å². The van der Waals surface area contributed by atoms with Gasteiger partial charge in [-0.05, 0) is 51.3 Å². The Kier molecular flexibility index (Phi) is 4.54. The van der Waals surface area contributed by atoms with Gasteiger partial charge in [0.15, 0.2) is 0 Å². The number of nitrogens with zero attached hydrogens (tertiary/aromatic N) is 1. The third-order valence-corrected chi connectivity index (χ3v) is 5.27. The Bertz CT molecular complexity index is 492. The second-order valence-electron chi connectivity index (χ2n) is 5.48. The Hall–Kier alpha value is -0.980. The second kappa shape index (κ2) is 5.98. The Balaban J connectivity index is 2.06. The molecule has 102 valence electrons. The first-order valence-electron chi connectivity index (χ1n) is 6.99. The molecule has 3 heteroatoms. The fourth-order valence-corrected chi connectivity index (χ4v) is 4.23. The number of nitriles is 1. The van der Waals surface area contributed by atoms with Gasteiger partial charge in [-0.15, -0.1) is 11.8 Å². The van der Waals surface area contributed by atoms with Crippen LogP contribution in [0.3, 0.4) is 0 Å². The van der Waals surface area contributed by atoms with Crippen LogP contribution in [-0.2, 0) is 0 Å². The first kappa shape index (κ1) is 14.4. The van der Waals surface area contributed by atoms with E-state index in [-0.39, 0.29) is 5.54 Å². The predicted octanol–water partition coefficient (Wildman–Crippen LogP) is 3.82. The molecule has 2 unspecified atom stereocenters. The first-order chi connectivity index (χ1) is 9.08. The molecule has 0 heterocycles. The number of hydrogen-bond donors (Lipinski definition) is 1. The molecule has 0 bridgehead atoms. The van der Waals surface area contributed by atoms with Crippen molar-refractivity contribution < 1.29 is 0 Å². The molecule has 2 rings (SSSR count). The molecular formula is C16H22N2S. The molecule has 0 radical (unpaired) electrons. The van der Waals surface area contributed by atoms with E-state index >= 15 is 0 Å². The van der Waals surface area contributed by atoms with E-state index < -0.39 is 0 Å². The van der Waals surface area contributed by atoms with Gasteiger partial charge in [0, 0.05) is 10.1 Å². The minimum absolute atomic E-state index is 0.288. The smallest absolute Gasteiger partial charge is 0.107 e. The number of thioether (sulfide) groups is 1. The minimum Gasteiger partial charge on any atom is -0.300 e. The van der Waals surface area contributed by atoms with Gasteiger partial charge >= 0.3 is 0 Å². The molecule has 1 fully saturated rings. The van der Waals surface area contributed by atoms with Crippen LogP contribution < -0.4 is 5.32 Å². The summed E-state index contributed by atoms with van der Waals surface area (Å²) in [6.07, 6.45) is 3.05. The van der Waals surface area contributed by atoms with Gasteiger partial charge in [-0.3, -0.25) is 5.32 Å². The van der Waals surface area contributed by atoms with Crippen LogP contribution >= 0.6 is 11.8 Å². The lowest BCUT2D eigenvalue weighted by atomic mass is 10.0. The fourth-order valence-electron chi connectivity index (χ4n) is 2.75. The highest BCUT2D eigenvalue weighted by molar-refractivity contribution is 8.00. The minimum atomic E-state index is -0.288. The summed E-state index contributed by atoms with van der Waals surface area (Å²) >= 11 is 1.94. The average molecular weight is 274 g/mol. The highest BCUT2D eigenvalue weighted by atomic mass is 32.2. The SMILES string of the molecule is CCNC1(C#N)CCC(Sc2cc(C)ccc2C)C1. The van der Waals surface area contributed by atoms with Gasteiger partial charge in [0.25, 0.3) is 0 Å². The Morgan fingerprint density at radius 2 is 2.26 bits per heavy atom. The van der Waals surface area contributed by atoms with Crippen LogP contribution in [0, 0.1) is 25.2 Å². The van der Waals surface area contributed by atoms with E-state index in [4.69, 9.17) is 0 Å². The number of hydrogen-bond acceptors (Lipinski definition) is 3. The van der Waals surface area contributed by atoms with Crippen molar-refractivity contribution in [3.8, 4) is 6.07 Å². The average Bonchev–Trinajstić information content (AvgIpc) is 2.78. The lowest BCUT2D eigenvalue weighted by molar-refractivity contribution is 0.436. The maximum atomic E-state index is 9.41. The quantitative estimate of drug-likeness (QED) is 0.906. The van der Waals surface area contributed by atoms with Gasteiger partial charge < -0.3 is 0 Å². The van der Waals surface area contributed by atoms with Crippen LogP contribution in [0.4, 0.5) is 0 Å². The molecule has 2 atom stereocenters. The lowest BCUT2D eigenvalue weighted by Gasteiger charge is -2.21. The van der Waals surface area contributed by atoms with Crippen molar-refractivity contribution in [3.63, 3.8) is 0 Å². The molecule has 0 spiro atoms. The van der Waals surface area contributed by atoms with Crippen molar-refractivity contribution in [1.29, 1.82) is 5.26 Å². The summed E-state index contributed by atoms with van der Waals surface area (Å²) in [4.78, 5) is 1.37. The van der Waals surface area contributed by atoms with Crippen LogP contribution in [0.2, 0.25) is 0 Å². The van der Waals surface area contributed by atoms with E-state index in [0.29, 0.717) is 5.25 Å². The topological polar surface area (TPSA) is 35.8 Å². The summed E-state index contributed by atoms with van der Waals surface area (Å²) in [5.74, 6) is 0. The maximum Gasteiger partial charge on any atom is 0.107 e. The van der Waals surface area contributed by atoms with Crippen LogP contribution in [0.15, 0.2) is 23.1 Å². The summed E-state index contributed by atoms with van der Waals surface area (Å²) < 4.78 is 0. The molecule has 0 saturated heterocycles. The summed E-state index contributed by atoms with van der Waals surface area (Å²) in [5.41, 5.74) is 2.36. The van der Waals surface area contributed by atoms with Crippen molar-refractivity contribution in [2.75, 3.05) is 6.54 Å². The number of nitrogens with one attached hydrogen (secondary N) is 1. The Labute approximate surface area is 120 Å². The molecule has 1 aromatic carbocycles. The monoisotopic (exact) mass is 274 g/mol. The molecule has 0 aromatic heterocycles. The zero-order chi connectivity index (χ0) is 13.9. The largest absolute Gasteiger partial charge is 0.300 e. The molecular weight excluding hydrogens is 252 g/mol. The fraction of sp³-hybridized carbons (Fsp3) is 0.562. The zero-order valence-corrected chi connectivity index (χ0v) is 12.8. The van der Waals surface area contributed by atoms with Crippen molar-refractivity contribution >= 4 is 11.8 Å². The molecule has 19 heavy (non-hydrogen) atoms. The van der Waals surface area contributed by atoms with Gasteiger partial charge in [0.05, 0.1) is 6.07 Å². The number of rotatable bonds is 4. The molecule has 1 aromatic rings. The van der Waals surface area contributed by atoms with Crippen LogP contribution in [0.1, 0.15) is 37.3 Å². The highest BCUT2D eigenvalue weighted by Crippen LogP contribution is 2.41. The van der Waals surface area contributed by atoms with E-state index in [2.05, 4.69) is 50.4 Å². The molecule has 1 saturated carbocycles. The maximum absolute atomic E-state index is 9.41. The molecule has 2 nitrogen and oxygen atoms in total. The zero-order valence-electron chi connectivity index (χ0n) is 12.0. The van der Waals surface area contributed by atoms with Crippen molar-refractivity contribution in [2.24, 2.45) is 0 Å². The highest BCUT2D eigenvalue weighted by Gasteiger charge is 2.39. The van der Waals surface area contributed by atoms with Crippen LogP contribution in [-0.4, -0.2) is 17.3 Å². The van der Waals surface area contributed by atoms with Gasteiger partial charge in [-0.25, -0.2) is 0 Å². The summed E-state index contributed by atoms with van der Waals surface area (Å²) in [7, 11) is 0. The molecule has 0 aliphatic heterocycles. The van der Waals surface area contributed by atoms with E-state index in [1.54, 1.807) is 0 Å². The van der Waals surface area contributed by atoms with Crippen molar-refractivity contribution in [1.82, 2.24) is 5.32 Å². The van der Waals surface area contributed by atoms with E-state index in [1.807, 2.05) is 11.8 Å². The van der Waals surface area contributed by atoms with Gasteiger partial charge in [0.1, 0.15) is 5.54 Å². The summed E-state index contributed by atoms with van der Waals surface area (Å²) in [6.45, 7) is 7.24. The van der Waals surface area contributed by atoms with E-state index in [1.165, 1.54) is 16.0 Å². The lowest BCUT2D eigenvalue weighted by Crippen LogP contribution is -2.41. The van der Waals surface area contributed by atoms with Crippen LogP contribution in [0.25, 0.3) is 0 Å². The van der Waals surface area contributed by atoms with Gasteiger partial charge in [-0.2, -0.15) is 5.26 Å². The summed E-state index contributed by atoms with van der Waals surface area (Å²) in [5, 5.41) is 13.3. The molecule has 1 N–H and O–H groups in total. The van der Waals surface area contributed by atoms with E-state index in [9.17, 15) is 5.26 Å². The first-order valence-corrected chi connectivity index (χ1v) is 7.87. The molecule has 1 aliphatic rings. The summed E-state index contributed by atoms with van der Waals surface area (Å²) in [6, 6.07) is 9.11. The third-order valence-electron chi connectivity index (χ3n) is 3.84. The standard InChI is InChI=1S/C16H22N2S/c1-4-18-16(11-17)8-7-14(10-16)19-15-9-12(2)5-6-13(15)3/h5-6,9,14,18H,4,7-8,10H2,1-3H3. The molecule has 1 aliphatic carbocycles. The number of benzene rings is 1. The number of aryl methyl sites for hydroxylation is 2. The van der Waals surface area contributed by atoms with Gasteiger partial charge in [0.2, 0.25) is 0 Å². The normalized spacial score (nSPS) is 26.3.